The molecule has 5 nitrogen and oxygen atoms in total. The molecular weight excluding hydrogens is 324 g/mol. The fourth-order valence-electron chi connectivity index (χ4n) is 2.21. The predicted molar refractivity (Wildman–Crippen MR) is 98.4 cm³/mol. The summed E-state index contributed by atoms with van der Waals surface area (Å²) in [6.45, 7) is 4.02. The number of benzene rings is 2. The highest BCUT2D eigenvalue weighted by Gasteiger charge is 2.13. The minimum absolute atomic E-state index is 0.00174. The first kappa shape index (κ1) is 18.0. The molecule has 1 amide bonds. The highest BCUT2D eigenvalue weighted by Crippen LogP contribution is 2.30. The second kappa shape index (κ2) is 8.49. The van der Waals surface area contributed by atoms with Crippen LogP contribution in [0.15, 0.2) is 48.5 Å². The number of aryl methyl sites for hydroxylation is 1. The molecule has 0 aromatic heterocycles. The van der Waals surface area contributed by atoms with Crippen LogP contribution < -0.4 is 5.32 Å². The number of nitro benzene ring substituents is 1. The Balaban J connectivity index is 1.88. The fourth-order valence-corrected chi connectivity index (χ4v) is 3.02. The molecule has 0 bridgehead atoms. The number of non-ortho nitro benzene ring substituents is 1. The van der Waals surface area contributed by atoms with Crippen LogP contribution in [0.4, 0.5) is 11.4 Å². The van der Waals surface area contributed by atoms with Gasteiger partial charge in [0.25, 0.3) is 5.69 Å². The van der Waals surface area contributed by atoms with Crippen molar-refractivity contribution in [3.05, 3.63) is 69.8 Å². The number of carbonyl (C=O) groups is 1. The third-order valence-electron chi connectivity index (χ3n) is 3.66. The first-order valence-corrected chi connectivity index (χ1v) is 8.79. The van der Waals surface area contributed by atoms with Gasteiger partial charge in [0.2, 0.25) is 5.91 Å². The molecule has 0 aliphatic carbocycles. The first-order chi connectivity index (χ1) is 11.5. The average molecular weight is 344 g/mol. The minimum Gasteiger partial charge on any atom is -0.325 e. The number of hydrogen-bond acceptors (Lipinski definition) is 4. The summed E-state index contributed by atoms with van der Waals surface area (Å²) in [6.07, 6.45) is 0.963. The molecule has 0 aliphatic rings. The number of rotatable bonds is 7. The van der Waals surface area contributed by atoms with Gasteiger partial charge in [-0.2, -0.15) is 0 Å². The zero-order valence-electron chi connectivity index (χ0n) is 13.7. The van der Waals surface area contributed by atoms with Gasteiger partial charge in [-0.15, -0.1) is 11.8 Å². The van der Waals surface area contributed by atoms with E-state index in [1.807, 2.05) is 37.3 Å². The van der Waals surface area contributed by atoms with Crippen LogP contribution in [-0.4, -0.2) is 16.6 Å². The van der Waals surface area contributed by atoms with Gasteiger partial charge in [0.15, 0.2) is 0 Å². The summed E-state index contributed by atoms with van der Waals surface area (Å²) >= 11 is 1.45. The second-order valence-corrected chi connectivity index (χ2v) is 6.73. The lowest BCUT2D eigenvalue weighted by Gasteiger charge is -2.12. The van der Waals surface area contributed by atoms with E-state index < -0.39 is 4.92 Å². The summed E-state index contributed by atoms with van der Waals surface area (Å²) in [5, 5.41) is 13.7. The molecular formula is C18H20N2O3S. The lowest BCUT2D eigenvalue weighted by molar-refractivity contribution is -0.384. The number of thioether (sulfide) groups is 1. The van der Waals surface area contributed by atoms with Gasteiger partial charge in [-0.05, 0) is 36.6 Å². The molecule has 1 N–H and O–H groups in total. The SMILES string of the molecule is CCc1ccc(NC(=O)CS[C@@H](C)c2cccc([N+](=O)[O-])c2)cc1. The monoisotopic (exact) mass is 344 g/mol. The van der Waals surface area contributed by atoms with E-state index in [1.54, 1.807) is 12.1 Å². The highest BCUT2D eigenvalue weighted by molar-refractivity contribution is 8.00. The van der Waals surface area contributed by atoms with E-state index in [0.717, 1.165) is 17.7 Å². The summed E-state index contributed by atoms with van der Waals surface area (Å²) in [5.74, 6) is 0.209. The molecule has 2 rings (SSSR count). The molecule has 6 heteroatoms. The Kier molecular flexibility index (Phi) is 6.37. The van der Waals surface area contributed by atoms with Crippen molar-refractivity contribution in [1.82, 2.24) is 0 Å². The quantitative estimate of drug-likeness (QED) is 0.589. The third kappa shape index (κ3) is 5.09. The minimum atomic E-state index is -0.409. The number of hydrogen-bond donors (Lipinski definition) is 1. The number of nitrogens with one attached hydrogen (secondary N) is 1. The summed E-state index contributed by atoms with van der Waals surface area (Å²) in [4.78, 5) is 22.5. The lowest BCUT2D eigenvalue weighted by atomic mass is 10.1. The Bertz CT molecular complexity index is 716. The van der Waals surface area contributed by atoms with Crippen molar-refractivity contribution in [2.45, 2.75) is 25.5 Å². The average Bonchev–Trinajstić information content (AvgIpc) is 2.60. The van der Waals surface area contributed by atoms with Crippen molar-refractivity contribution in [2.75, 3.05) is 11.1 Å². The van der Waals surface area contributed by atoms with Crippen LogP contribution in [0.25, 0.3) is 0 Å². The fraction of sp³-hybridized carbons (Fsp3) is 0.278. The van der Waals surface area contributed by atoms with Crippen molar-refractivity contribution in [1.29, 1.82) is 0 Å². The maximum absolute atomic E-state index is 12.0. The molecule has 0 saturated heterocycles. The summed E-state index contributed by atoms with van der Waals surface area (Å²) < 4.78 is 0. The maximum atomic E-state index is 12.0. The Hall–Kier alpha value is -2.34. The van der Waals surface area contributed by atoms with E-state index in [4.69, 9.17) is 0 Å². The van der Waals surface area contributed by atoms with Gasteiger partial charge >= 0.3 is 0 Å². The van der Waals surface area contributed by atoms with E-state index in [0.29, 0.717) is 5.75 Å². The Labute approximate surface area is 145 Å². The second-order valence-electron chi connectivity index (χ2n) is 5.40. The smallest absolute Gasteiger partial charge is 0.269 e. The molecule has 24 heavy (non-hydrogen) atoms. The van der Waals surface area contributed by atoms with Crippen LogP contribution in [0.2, 0.25) is 0 Å². The zero-order valence-corrected chi connectivity index (χ0v) is 14.5. The van der Waals surface area contributed by atoms with Crippen molar-refractivity contribution in [3.8, 4) is 0 Å². The van der Waals surface area contributed by atoms with Gasteiger partial charge in [0, 0.05) is 23.1 Å². The molecule has 1 atom stereocenters. The van der Waals surface area contributed by atoms with Crippen LogP contribution in [0.5, 0.6) is 0 Å². The van der Waals surface area contributed by atoms with Gasteiger partial charge in [0.1, 0.15) is 0 Å². The zero-order chi connectivity index (χ0) is 17.5. The lowest BCUT2D eigenvalue weighted by Crippen LogP contribution is -2.14. The number of nitrogens with zero attached hydrogens (tertiary/aromatic N) is 1. The summed E-state index contributed by atoms with van der Waals surface area (Å²) in [5.41, 5.74) is 2.91. The Morgan fingerprint density at radius 1 is 1.25 bits per heavy atom. The van der Waals surface area contributed by atoms with Gasteiger partial charge in [-0.1, -0.05) is 31.2 Å². The molecule has 0 fully saturated rings. The standard InChI is InChI=1S/C18H20N2O3S/c1-3-14-7-9-16(10-8-14)19-18(21)12-24-13(2)15-5-4-6-17(11-15)20(22)23/h4-11,13H,3,12H2,1-2H3,(H,19,21)/t13-/m0/s1. The molecule has 2 aromatic rings. The molecule has 0 saturated carbocycles. The first-order valence-electron chi connectivity index (χ1n) is 7.74. The molecule has 2 aromatic carbocycles. The van der Waals surface area contributed by atoms with Crippen LogP contribution in [0.3, 0.4) is 0 Å². The van der Waals surface area contributed by atoms with E-state index in [1.165, 1.54) is 23.4 Å². The predicted octanol–water partition coefficient (Wildman–Crippen LogP) is 4.59. The van der Waals surface area contributed by atoms with Gasteiger partial charge in [-0.25, -0.2) is 0 Å². The largest absolute Gasteiger partial charge is 0.325 e. The molecule has 0 radical (unpaired) electrons. The molecule has 0 aliphatic heterocycles. The van der Waals surface area contributed by atoms with E-state index in [-0.39, 0.29) is 16.8 Å². The Morgan fingerprint density at radius 3 is 2.58 bits per heavy atom. The van der Waals surface area contributed by atoms with Crippen molar-refractivity contribution in [2.24, 2.45) is 0 Å². The topological polar surface area (TPSA) is 72.2 Å². The van der Waals surface area contributed by atoms with Crippen LogP contribution >= 0.6 is 11.8 Å². The van der Waals surface area contributed by atoms with Gasteiger partial charge in [-0.3, -0.25) is 14.9 Å². The van der Waals surface area contributed by atoms with E-state index in [2.05, 4.69) is 12.2 Å². The normalized spacial score (nSPS) is 11.8. The maximum Gasteiger partial charge on any atom is 0.269 e. The molecule has 126 valence electrons. The van der Waals surface area contributed by atoms with Crippen LogP contribution in [0, 0.1) is 10.1 Å². The van der Waals surface area contributed by atoms with Crippen LogP contribution in [0.1, 0.15) is 30.2 Å². The molecule has 0 spiro atoms. The van der Waals surface area contributed by atoms with Crippen LogP contribution in [-0.2, 0) is 11.2 Å². The number of nitro groups is 1. The summed E-state index contributed by atoms with van der Waals surface area (Å²) in [6, 6.07) is 14.3. The number of carbonyl (C=O) groups excluding carboxylic acids is 1. The third-order valence-corrected chi connectivity index (χ3v) is 4.86. The van der Waals surface area contributed by atoms with Gasteiger partial charge < -0.3 is 5.32 Å². The highest BCUT2D eigenvalue weighted by atomic mass is 32.2. The van der Waals surface area contributed by atoms with Crippen molar-refractivity contribution in [3.63, 3.8) is 0 Å². The Morgan fingerprint density at radius 2 is 1.96 bits per heavy atom. The molecule has 0 unspecified atom stereocenters. The number of anilines is 1. The summed E-state index contributed by atoms with van der Waals surface area (Å²) in [7, 11) is 0. The van der Waals surface area contributed by atoms with Gasteiger partial charge in [0.05, 0.1) is 10.7 Å². The van der Waals surface area contributed by atoms with Crippen molar-refractivity contribution >= 4 is 29.0 Å². The van der Waals surface area contributed by atoms with E-state index >= 15 is 0 Å². The number of amides is 1. The molecule has 0 heterocycles. The van der Waals surface area contributed by atoms with Crippen molar-refractivity contribution < 1.29 is 9.72 Å². The van der Waals surface area contributed by atoms with E-state index in [9.17, 15) is 14.9 Å².